The SMILES string of the molecule is COCN1CCN(C(C)O)C1=O. The zero-order valence-corrected chi connectivity index (χ0v) is 7.36. The lowest BCUT2D eigenvalue weighted by Gasteiger charge is -2.19. The van der Waals surface area contributed by atoms with E-state index in [1.807, 2.05) is 0 Å². The second-order valence-electron chi connectivity index (χ2n) is 2.79. The van der Waals surface area contributed by atoms with Gasteiger partial charge in [-0.2, -0.15) is 0 Å². The predicted molar refractivity (Wildman–Crippen MR) is 42.4 cm³/mol. The second-order valence-corrected chi connectivity index (χ2v) is 2.79. The molecule has 1 atom stereocenters. The fraction of sp³-hybridized carbons (Fsp3) is 0.857. The van der Waals surface area contributed by atoms with Crippen LogP contribution >= 0.6 is 0 Å². The first-order valence-electron chi connectivity index (χ1n) is 3.89. The molecule has 1 unspecified atom stereocenters. The van der Waals surface area contributed by atoms with Gasteiger partial charge in [-0.3, -0.25) is 9.80 Å². The summed E-state index contributed by atoms with van der Waals surface area (Å²) in [6, 6.07) is -0.160. The first kappa shape index (κ1) is 9.28. The summed E-state index contributed by atoms with van der Waals surface area (Å²) in [5.41, 5.74) is 0. The summed E-state index contributed by atoms with van der Waals surface area (Å²) in [5, 5.41) is 9.15. The van der Waals surface area contributed by atoms with Crippen LogP contribution in [0.2, 0.25) is 0 Å². The number of carbonyl (C=O) groups is 1. The van der Waals surface area contributed by atoms with E-state index < -0.39 is 6.23 Å². The molecule has 5 heteroatoms. The highest BCUT2D eigenvalue weighted by Crippen LogP contribution is 2.10. The van der Waals surface area contributed by atoms with Crippen LogP contribution in [0.25, 0.3) is 0 Å². The molecule has 0 aromatic carbocycles. The fourth-order valence-corrected chi connectivity index (χ4v) is 1.22. The number of urea groups is 1. The first-order valence-corrected chi connectivity index (χ1v) is 3.89. The van der Waals surface area contributed by atoms with Crippen LogP contribution in [0.1, 0.15) is 6.92 Å². The Morgan fingerprint density at radius 2 is 2.33 bits per heavy atom. The second kappa shape index (κ2) is 3.73. The molecule has 1 rings (SSSR count). The zero-order chi connectivity index (χ0) is 9.14. The summed E-state index contributed by atoms with van der Waals surface area (Å²) in [4.78, 5) is 14.3. The number of carbonyl (C=O) groups excluding carboxylic acids is 1. The van der Waals surface area contributed by atoms with E-state index in [1.54, 1.807) is 11.8 Å². The Morgan fingerprint density at radius 3 is 2.75 bits per heavy atom. The third-order valence-electron chi connectivity index (χ3n) is 1.86. The van der Waals surface area contributed by atoms with Crippen LogP contribution in [-0.2, 0) is 4.74 Å². The number of aliphatic hydroxyl groups is 1. The van der Waals surface area contributed by atoms with Crippen molar-refractivity contribution >= 4 is 6.03 Å². The number of nitrogens with zero attached hydrogens (tertiary/aromatic N) is 2. The minimum Gasteiger partial charge on any atom is -0.374 e. The van der Waals surface area contributed by atoms with Crippen LogP contribution in [0, 0.1) is 0 Å². The fourth-order valence-electron chi connectivity index (χ4n) is 1.22. The van der Waals surface area contributed by atoms with Crippen molar-refractivity contribution in [2.24, 2.45) is 0 Å². The van der Waals surface area contributed by atoms with Gasteiger partial charge in [0.2, 0.25) is 0 Å². The molecule has 12 heavy (non-hydrogen) atoms. The van der Waals surface area contributed by atoms with Gasteiger partial charge in [0.25, 0.3) is 0 Å². The summed E-state index contributed by atoms with van der Waals surface area (Å²) in [6.45, 7) is 3.06. The number of methoxy groups -OCH3 is 1. The summed E-state index contributed by atoms with van der Waals surface area (Å²) in [5.74, 6) is 0. The molecule has 1 saturated heterocycles. The molecule has 1 N–H and O–H groups in total. The van der Waals surface area contributed by atoms with Gasteiger partial charge in [0.15, 0.2) is 0 Å². The maximum Gasteiger partial charge on any atom is 0.324 e. The van der Waals surface area contributed by atoms with Crippen LogP contribution in [0.5, 0.6) is 0 Å². The van der Waals surface area contributed by atoms with Crippen molar-refractivity contribution in [2.45, 2.75) is 13.2 Å². The van der Waals surface area contributed by atoms with Crippen molar-refractivity contribution in [3.8, 4) is 0 Å². The van der Waals surface area contributed by atoms with E-state index in [1.165, 1.54) is 12.0 Å². The normalized spacial score (nSPS) is 20.4. The molecule has 0 radical (unpaired) electrons. The first-order chi connectivity index (χ1) is 5.66. The van der Waals surface area contributed by atoms with E-state index in [2.05, 4.69) is 0 Å². The van der Waals surface area contributed by atoms with Crippen molar-refractivity contribution in [3.05, 3.63) is 0 Å². The smallest absolute Gasteiger partial charge is 0.324 e. The third-order valence-corrected chi connectivity index (χ3v) is 1.86. The molecule has 1 heterocycles. The van der Waals surface area contributed by atoms with E-state index >= 15 is 0 Å². The Balaban J connectivity index is 2.49. The maximum absolute atomic E-state index is 11.3. The Kier molecular flexibility index (Phi) is 2.88. The molecular weight excluding hydrogens is 160 g/mol. The van der Waals surface area contributed by atoms with Gasteiger partial charge in [-0.25, -0.2) is 4.79 Å². The van der Waals surface area contributed by atoms with Gasteiger partial charge in [0.05, 0.1) is 0 Å². The summed E-state index contributed by atoms with van der Waals surface area (Å²) in [7, 11) is 1.54. The van der Waals surface area contributed by atoms with E-state index in [0.29, 0.717) is 19.8 Å². The topological polar surface area (TPSA) is 53.0 Å². The number of hydrogen-bond donors (Lipinski definition) is 1. The third kappa shape index (κ3) is 1.67. The molecule has 0 aromatic rings. The molecule has 1 aliphatic rings. The van der Waals surface area contributed by atoms with Crippen molar-refractivity contribution in [2.75, 3.05) is 26.9 Å². The highest BCUT2D eigenvalue weighted by atomic mass is 16.5. The van der Waals surface area contributed by atoms with E-state index in [-0.39, 0.29) is 6.03 Å². The number of rotatable bonds is 3. The maximum atomic E-state index is 11.3. The van der Waals surface area contributed by atoms with E-state index in [9.17, 15) is 4.79 Å². The lowest BCUT2D eigenvalue weighted by atomic mass is 10.5. The molecule has 0 saturated carbocycles. The van der Waals surface area contributed by atoms with Gasteiger partial charge in [0, 0.05) is 20.2 Å². The van der Waals surface area contributed by atoms with Crippen molar-refractivity contribution in [1.29, 1.82) is 0 Å². The number of aliphatic hydroxyl groups excluding tert-OH is 1. The van der Waals surface area contributed by atoms with Crippen LogP contribution in [-0.4, -0.2) is 54.1 Å². The van der Waals surface area contributed by atoms with Gasteiger partial charge in [0.1, 0.15) is 13.0 Å². The van der Waals surface area contributed by atoms with Gasteiger partial charge in [-0.05, 0) is 6.92 Å². The Hall–Kier alpha value is -0.810. The van der Waals surface area contributed by atoms with Crippen LogP contribution < -0.4 is 0 Å². The minimum atomic E-state index is -0.709. The molecule has 1 aliphatic heterocycles. The minimum absolute atomic E-state index is 0.160. The van der Waals surface area contributed by atoms with Gasteiger partial charge >= 0.3 is 6.03 Å². The lowest BCUT2D eigenvalue weighted by Crippen LogP contribution is -2.38. The van der Waals surface area contributed by atoms with Gasteiger partial charge in [-0.1, -0.05) is 0 Å². The molecule has 0 bridgehead atoms. The largest absolute Gasteiger partial charge is 0.374 e. The van der Waals surface area contributed by atoms with E-state index in [0.717, 1.165) is 0 Å². The van der Waals surface area contributed by atoms with E-state index in [4.69, 9.17) is 9.84 Å². The van der Waals surface area contributed by atoms with Crippen molar-refractivity contribution < 1.29 is 14.6 Å². The lowest BCUT2D eigenvalue weighted by molar-refractivity contribution is 0.0489. The standard InChI is InChI=1S/C7H14N2O3/c1-6(10)9-4-3-8(5-12-2)7(9)11/h6,10H,3-5H2,1-2H3. The molecule has 0 aliphatic carbocycles. The van der Waals surface area contributed by atoms with Crippen LogP contribution in [0.4, 0.5) is 4.79 Å². The van der Waals surface area contributed by atoms with Crippen molar-refractivity contribution in [3.63, 3.8) is 0 Å². The number of amides is 2. The Morgan fingerprint density at radius 1 is 1.67 bits per heavy atom. The average molecular weight is 174 g/mol. The zero-order valence-electron chi connectivity index (χ0n) is 7.36. The number of ether oxygens (including phenoxy) is 1. The van der Waals surface area contributed by atoms with Crippen molar-refractivity contribution in [1.82, 2.24) is 9.80 Å². The highest BCUT2D eigenvalue weighted by Gasteiger charge is 2.30. The molecule has 70 valence electrons. The quantitative estimate of drug-likeness (QED) is 0.637. The molecule has 0 spiro atoms. The summed E-state index contributed by atoms with van der Waals surface area (Å²) >= 11 is 0. The molecule has 0 aromatic heterocycles. The molecule has 5 nitrogen and oxygen atoms in total. The average Bonchev–Trinajstić information content (AvgIpc) is 2.34. The summed E-state index contributed by atoms with van der Waals surface area (Å²) < 4.78 is 4.82. The monoisotopic (exact) mass is 174 g/mol. The molecule has 2 amide bonds. The predicted octanol–water partition coefficient (Wildman–Crippen LogP) is -0.334. The summed E-state index contributed by atoms with van der Waals surface area (Å²) in [6.07, 6.45) is -0.709. The van der Waals surface area contributed by atoms with Gasteiger partial charge in [-0.15, -0.1) is 0 Å². The van der Waals surface area contributed by atoms with Crippen LogP contribution in [0.15, 0.2) is 0 Å². The van der Waals surface area contributed by atoms with Gasteiger partial charge < -0.3 is 9.84 Å². The highest BCUT2D eigenvalue weighted by molar-refractivity contribution is 5.76. The van der Waals surface area contributed by atoms with Crippen LogP contribution in [0.3, 0.4) is 0 Å². The molecular formula is C7H14N2O3. The molecule has 1 fully saturated rings. The number of hydrogen-bond acceptors (Lipinski definition) is 3. The Labute approximate surface area is 71.5 Å². The Bertz CT molecular complexity index is 172.